The van der Waals surface area contributed by atoms with E-state index >= 15 is 0 Å². The van der Waals surface area contributed by atoms with Crippen molar-refractivity contribution in [3.05, 3.63) is 46.5 Å². The number of benzene rings is 2. The van der Waals surface area contributed by atoms with E-state index < -0.39 is 47.7 Å². The SMILES string of the molecule is CC(C)(C)OC(=O)NCCN1C(=O)c2ccc3c4c(ccc(c24)C1=O)C(=O)N(CCC(=O)O)C3=O. The van der Waals surface area contributed by atoms with Gasteiger partial charge in [-0.25, -0.2) is 4.79 Å². The minimum atomic E-state index is -1.15. The maximum absolute atomic E-state index is 13.2. The second-order valence-corrected chi connectivity index (χ2v) is 9.17. The maximum atomic E-state index is 13.2. The summed E-state index contributed by atoms with van der Waals surface area (Å²) in [4.78, 5) is 76.9. The van der Waals surface area contributed by atoms with Crippen molar-refractivity contribution in [2.75, 3.05) is 19.6 Å². The molecule has 2 N–H and O–H groups in total. The van der Waals surface area contributed by atoms with E-state index in [2.05, 4.69) is 5.32 Å². The molecule has 0 saturated carbocycles. The molecule has 0 unspecified atom stereocenters. The zero-order chi connectivity index (χ0) is 25.7. The Balaban J connectivity index is 1.65. The van der Waals surface area contributed by atoms with Crippen molar-refractivity contribution >= 4 is 46.5 Å². The van der Waals surface area contributed by atoms with Crippen molar-refractivity contribution in [1.29, 1.82) is 0 Å². The number of nitrogens with one attached hydrogen (secondary N) is 1. The molecular weight excluding hydrogens is 458 g/mol. The first-order chi connectivity index (χ1) is 16.4. The highest BCUT2D eigenvalue weighted by atomic mass is 16.6. The van der Waals surface area contributed by atoms with Gasteiger partial charge in [-0.1, -0.05) is 0 Å². The fraction of sp³-hybridized carbons (Fsp3) is 0.333. The van der Waals surface area contributed by atoms with Crippen molar-refractivity contribution in [2.24, 2.45) is 0 Å². The van der Waals surface area contributed by atoms with Gasteiger partial charge in [-0.05, 0) is 45.0 Å². The first kappa shape index (κ1) is 23.9. The molecule has 2 aliphatic rings. The van der Waals surface area contributed by atoms with Crippen LogP contribution in [0.2, 0.25) is 0 Å². The summed E-state index contributed by atoms with van der Waals surface area (Å²) in [7, 11) is 0. The third kappa shape index (κ3) is 4.20. The minimum absolute atomic E-state index is 0.0312. The second kappa shape index (κ2) is 8.49. The van der Waals surface area contributed by atoms with Crippen molar-refractivity contribution in [2.45, 2.75) is 32.8 Å². The summed E-state index contributed by atoms with van der Waals surface area (Å²) in [5, 5.41) is 11.9. The van der Waals surface area contributed by atoms with E-state index in [0.717, 1.165) is 9.80 Å². The van der Waals surface area contributed by atoms with Gasteiger partial charge in [0.25, 0.3) is 23.6 Å². The summed E-state index contributed by atoms with van der Waals surface area (Å²) in [6, 6.07) is 5.63. The number of carboxylic acids is 1. The summed E-state index contributed by atoms with van der Waals surface area (Å²) in [6.45, 7) is 4.69. The zero-order valence-corrected chi connectivity index (χ0v) is 19.3. The summed E-state index contributed by atoms with van der Waals surface area (Å²) < 4.78 is 5.15. The number of rotatable bonds is 6. The molecule has 0 saturated heterocycles. The standard InChI is InChI=1S/C24H23N3O8/c1-24(2,3)35-23(34)25-9-11-27-21(32)14-6-4-12-17-13(5-7-15(18(14)17)22(27)33)20(31)26(19(12)30)10-8-16(28)29/h4-7H,8-11H2,1-3H3,(H,25,34)(H,28,29). The number of hydrogen-bond donors (Lipinski definition) is 2. The Kier molecular flexibility index (Phi) is 5.79. The van der Waals surface area contributed by atoms with Gasteiger partial charge in [-0.15, -0.1) is 0 Å². The highest BCUT2D eigenvalue weighted by Gasteiger charge is 2.39. The Bertz CT molecular complexity index is 1250. The fourth-order valence-electron chi connectivity index (χ4n) is 4.17. The van der Waals surface area contributed by atoms with Gasteiger partial charge in [0.15, 0.2) is 0 Å². The van der Waals surface area contributed by atoms with Gasteiger partial charge in [-0.2, -0.15) is 0 Å². The normalized spacial score (nSPS) is 15.1. The van der Waals surface area contributed by atoms with Gasteiger partial charge >= 0.3 is 12.1 Å². The molecule has 2 heterocycles. The molecule has 0 bridgehead atoms. The Morgan fingerprint density at radius 1 is 0.800 bits per heavy atom. The van der Waals surface area contributed by atoms with Crippen molar-refractivity contribution in [3.63, 3.8) is 0 Å². The van der Waals surface area contributed by atoms with Crippen molar-refractivity contribution in [3.8, 4) is 0 Å². The molecule has 35 heavy (non-hydrogen) atoms. The Morgan fingerprint density at radius 2 is 1.20 bits per heavy atom. The lowest BCUT2D eigenvalue weighted by molar-refractivity contribution is -0.137. The van der Waals surface area contributed by atoms with Crippen LogP contribution in [0.15, 0.2) is 24.3 Å². The minimum Gasteiger partial charge on any atom is -0.481 e. The van der Waals surface area contributed by atoms with E-state index in [9.17, 15) is 28.8 Å². The average molecular weight is 481 g/mol. The number of aliphatic carboxylic acids is 1. The Morgan fingerprint density at radius 3 is 1.57 bits per heavy atom. The third-order valence-electron chi connectivity index (χ3n) is 5.62. The fourth-order valence-corrected chi connectivity index (χ4v) is 4.17. The number of carbonyl (C=O) groups excluding carboxylic acids is 5. The Labute approximate surface area is 199 Å². The lowest BCUT2D eigenvalue weighted by Gasteiger charge is -2.31. The highest BCUT2D eigenvalue weighted by Crippen LogP contribution is 2.37. The molecule has 0 atom stereocenters. The van der Waals surface area contributed by atoms with E-state index in [0.29, 0.717) is 0 Å². The van der Waals surface area contributed by atoms with Crippen LogP contribution in [0.1, 0.15) is 68.6 Å². The number of nitrogens with zero attached hydrogens (tertiary/aromatic N) is 2. The molecule has 0 radical (unpaired) electrons. The van der Waals surface area contributed by atoms with Crippen molar-refractivity contribution in [1.82, 2.24) is 15.1 Å². The summed E-state index contributed by atoms with van der Waals surface area (Å²) in [5.41, 5.74) is -0.167. The molecule has 2 aromatic carbocycles. The number of imide groups is 2. The topological polar surface area (TPSA) is 150 Å². The van der Waals surface area contributed by atoms with E-state index in [1.54, 1.807) is 20.8 Å². The first-order valence-electron chi connectivity index (χ1n) is 10.9. The van der Waals surface area contributed by atoms with E-state index in [1.165, 1.54) is 24.3 Å². The quantitative estimate of drug-likeness (QED) is 0.595. The van der Waals surface area contributed by atoms with Gasteiger partial charge in [0.05, 0.1) is 6.42 Å². The number of hydrogen-bond acceptors (Lipinski definition) is 7. The number of alkyl carbamates (subject to hydrolysis) is 1. The maximum Gasteiger partial charge on any atom is 0.407 e. The van der Waals surface area contributed by atoms with E-state index in [4.69, 9.17) is 9.84 Å². The monoisotopic (exact) mass is 481 g/mol. The van der Waals surface area contributed by atoms with Gasteiger partial charge < -0.3 is 15.2 Å². The van der Waals surface area contributed by atoms with E-state index in [-0.39, 0.29) is 52.7 Å². The molecule has 4 rings (SSSR count). The van der Waals surface area contributed by atoms with Crippen LogP contribution >= 0.6 is 0 Å². The molecule has 0 fully saturated rings. The summed E-state index contributed by atoms with van der Waals surface area (Å²) in [6.07, 6.45) is -1.09. The predicted octanol–water partition coefficient (Wildman–Crippen LogP) is 2.03. The van der Waals surface area contributed by atoms with Crippen LogP contribution < -0.4 is 5.32 Å². The number of ether oxygens (including phenoxy) is 1. The largest absolute Gasteiger partial charge is 0.481 e. The molecule has 2 aromatic rings. The zero-order valence-electron chi connectivity index (χ0n) is 19.3. The average Bonchev–Trinajstić information content (AvgIpc) is 2.76. The van der Waals surface area contributed by atoms with Crippen LogP contribution in [0.3, 0.4) is 0 Å². The molecule has 0 aliphatic carbocycles. The first-order valence-corrected chi connectivity index (χ1v) is 10.9. The molecule has 0 aromatic heterocycles. The van der Waals surface area contributed by atoms with Crippen LogP contribution in [-0.2, 0) is 9.53 Å². The molecule has 0 spiro atoms. The van der Waals surface area contributed by atoms with Crippen LogP contribution in [0.5, 0.6) is 0 Å². The van der Waals surface area contributed by atoms with Crippen LogP contribution in [0.4, 0.5) is 4.79 Å². The lowest BCUT2D eigenvalue weighted by atomic mass is 9.86. The molecule has 182 valence electrons. The predicted molar refractivity (Wildman–Crippen MR) is 121 cm³/mol. The second-order valence-electron chi connectivity index (χ2n) is 9.17. The summed E-state index contributed by atoms with van der Waals surface area (Å²) in [5.74, 6) is -3.76. The lowest BCUT2D eigenvalue weighted by Crippen LogP contribution is -2.46. The molecule has 11 nitrogen and oxygen atoms in total. The number of amides is 5. The molecular formula is C24H23N3O8. The Hall–Kier alpha value is -4.28. The van der Waals surface area contributed by atoms with Crippen LogP contribution in [0.25, 0.3) is 10.8 Å². The number of carboxylic acid groups (broad SMARTS) is 1. The number of carbonyl (C=O) groups is 6. The summed E-state index contributed by atoms with van der Waals surface area (Å²) >= 11 is 0. The highest BCUT2D eigenvalue weighted by molar-refractivity contribution is 6.33. The van der Waals surface area contributed by atoms with Crippen molar-refractivity contribution < 1.29 is 38.6 Å². The van der Waals surface area contributed by atoms with Gasteiger partial charge in [0.1, 0.15) is 5.60 Å². The third-order valence-corrected chi connectivity index (χ3v) is 5.62. The van der Waals surface area contributed by atoms with E-state index in [1.807, 2.05) is 0 Å². The van der Waals surface area contributed by atoms with Gasteiger partial charge in [-0.3, -0.25) is 33.8 Å². The molecule has 2 aliphatic heterocycles. The van der Waals surface area contributed by atoms with Crippen LogP contribution in [0, 0.1) is 0 Å². The molecule has 5 amide bonds. The van der Waals surface area contributed by atoms with Crippen LogP contribution in [-0.4, -0.2) is 75.8 Å². The molecule has 11 heteroatoms. The smallest absolute Gasteiger partial charge is 0.407 e. The van der Waals surface area contributed by atoms with Gasteiger partial charge in [0.2, 0.25) is 0 Å². The van der Waals surface area contributed by atoms with Gasteiger partial charge in [0, 0.05) is 52.7 Å².